The number of amides is 2. The summed E-state index contributed by atoms with van der Waals surface area (Å²) in [4.78, 5) is 26.7. The molecule has 0 spiro atoms. The smallest absolute Gasteiger partial charge is 0.265 e. The second-order valence-corrected chi connectivity index (χ2v) is 7.97. The second-order valence-electron chi connectivity index (χ2n) is 7.02. The van der Waals surface area contributed by atoms with Crippen molar-refractivity contribution in [1.29, 1.82) is 0 Å². The molecule has 2 atom stereocenters. The quantitative estimate of drug-likeness (QED) is 0.798. The number of carbonyl (C=O) groups excluding carboxylic acids is 2. The first-order valence-corrected chi connectivity index (χ1v) is 9.83. The van der Waals surface area contributed by atoms with Crippen LogP contribution in [0.25, 0.3) is 0 Å². The van der Waals surface area contributed by atoms with E-state index >= 15 is 0 Å². The van der Waals surface area contributed by atoms with Gasteiger partial charge in [0.1, 0.15) is 12.7 Å². The molecule has 1 fully saturated rings. The van der Waals surface area contributed by atoms with Gasteiger partial charge in [-0.25, -0.2) is 0 Å². The largest absolute Gasteiger partial charge is 0.386 e. The summed E-state index contributed by atoms with van der Waals surface area (Å²) in [5.41, 5.74) is 1.33. The Morgan fingerprint density at radius 3 is 2.70 bits per heavy atom. The predicted molar refractivity (Wildman–Crippen MR) is 105 cm³/mol. The number of aliphatic hydroxyl groups excluding tert-OH is 1. The molecule has 2 heterocycles. The van der Waals surface area contributed by atoms with E-state index in [1.807, 2.05) is 25.3 Å². The summed E-state index contributed by atoms with van der Waals surface area (Å²) in [5.74, 6) is 0.0445. The minimum atomic E-state index is -0.852. The maximum atomic E-state index is 12.2. The van der Waals surface area contributed by atoms with Crippen LogP contribution in [0.4, 0.5) is 5.69 Å². The summed E-state index contributed by atoms with van der Waals surface area (Å²) in [6.45, 7) is 5.02. The molecule has 2 unspecified atom stereocenters. The number of carbonyl (C=O) groups is 2. The fraction of sp³-hybridized carbons (Fsp3) is 0.400. The van der Waals surface area contributed by atoms with Gasteiger partial charge >= 0.3 is 0 Å². The summed E-state index contributed by atoms with van der Waals surface area (Å²) >= 11 is 1.38. The zero-order chi connectivity index (χ0) is 19.4. The predicted octanol–water partition coefficient (Wildman–Crippen LogP) is 2.92. The van der Waals surface area contributed by atoms with Gasteiger partial charge in [-0.05, 0) is 35.1 Å². The van der Waals surface area contributed by atoms with Crippen LogP contribution in [0, 0.1) is 5.92 Å². The molecule has 1 aliphatic heterocycles. The fourth-order valence-electron chi connectivity index (χ4n) is 3.10. The molecule has 1 saturated heterocycles. The number of thiophene rings is 1. The molecule has 2 N–H and O–H groups in total. The third-order valence-corrected chi connectivity index (χ3v) is 5.28. The molecular formula is C20H24N2O4S. The van der Waals surface area contributed by atoms with Gasteiger partial charge in [0.2, 0.25) is 5.91 Å². The lowest BCUT2D eigenvalue weighted by Crippen LogP contribution is -2.53. The maximum Gasteiger partial charge on any atom is 0.265 e. The molecule has 0 aliphatic carbocycles. The lowest BCUT2D eigenvalue weighted by atomic mass is 9.99. The summed E-state index contributed by atoms with van der Waals surface area (Å²) in [5, 5.41) is 15.5. The highest BCUT2D eigenvalue weighted by atomic mass is 32.1. The Morgan fingerprint density at radius 1 is 1.33 bits per heavy atom. The summed E-state index contributed by atoms with van der Waals surface area (Å²) in [6.07, 6.45) is -0.852. The van der Waals surface area contributed by atoms with Crippen LogP contribution in [-0.2, 0) is 9.53 Å². The minimum Gasteiger partial charge on any atom is -0.386 e. The Hall–Kier alpha value is -2.22. The number of anilines is 1. The highest BCUT2D eigenvalue weighted by Crippen LogP contribution is 2.26. The molecule has 3 rings (SSSR count). The van der Waals surface area contributed by atoms with Gasteiger partial charge in [0.05, 0.1) is 17.5 Å². The van der Waals surface area contributed by atoms with Gasteiger partial charge < -0.3 is 20.1 Å². The molecule has 27 heavy (non-hydrogen) atoms. The number of nitrogens with zero attached hydrogens (tertiary/aromatic N) is 1. The SMILES string of the molecule is CC(C)CN1C(=O)COCC1C(O)c1ccc(NC(=O)c2cccs2)cc1. The van der Waals surface area contributed by atoms with Gasteiger partial charge in [0.25, 0.3) is 5.91 Å². The molecule has 0 bridgehead atoms. The first-order chi connectivity index (χ1) is 13.0. The summed E-state index contributed by atoms with van der Waals surface area (Å²) in [6, 6.07) is 10.2. The average Bonchev–Trinajstić information content (AvgIpc) is 3.18. The molecule has 0 radical (unpaired) electrons. The Kier molecular flexibility index (Phi) is 6.26. The number of benzene rings is 1. The normalized spacial score (nSPS) is 18.6. The molecular weight excluding hydrogens is 364 g/mol. The van der Waals surface area contributed by atoms with Gasteiger partial charge in [-0.2, -0.15) is 0 Å². The standard InChI is InChI=1S/C20H24N2O4S/c1-13(2)10-22-16(11-26-12-18(22)23)19(24)14-5-7-15(8-6-14)21-20(25)17-4-3-9-27-17/h3-9,13,16,19,24H,10-12H2,1-2H3,(H,21,25). The third kappa shape index (κ3) is 4.74. The van der Waals surface area contributed by atoms with Crippen molar-refractivity contribution in [3.63, 3.8) is 0 Å². The number of hydrogen-bond acceptors (Lipinski definition) is 5. The Bertz CT molecular complexity index is 774. The molecule has 2 aromatic rings. The van der Waals surface area contributed by atoms with E-state index in [0.717, 1.165) is 0 Å². The second kappa shape index (κ2) is 8.65. The number of morpholine rings is 1. The number of hydrogen-bond donors (Lipinski definition) is 2. The number of rotatable bonds is 6. The van der Waals surface area contributed by atoms with Crippen molar-refractivity contribution in [2.24, 2.45) is 5.92 Å². The number of nitrogens with one attached hydrogen (secondary N) is 1. The zero-order valence-corrected chi connectivity index (χ0v) is 16.2. The molecule has 2 amide bonds. The topological polar surface area (TPSA) is 78.9 Å². The van der Waals surface area contributed by atoms with Gasteiger partial charge in [-0.15, -0.1) is 11.3 Å². The molecule has 6 nitrogen and oxygen atoms in total. The van der Waals surface area contributed by atoms with Gasteiger partial charge in [0.15, 0.2) is 0 Å². The monoisotopic (exact) mass is 388 g/mol. The molecule has 144 valence electrons. The number of ether oxygens (including phenoxy) is 1. The summed E-state index contributed by atoms with van der Waals surface area (Å²) in [7, 11) is 0. The van der Waals surface area contributed by atoms with Crippen molar-refractivity contribution in [3.05, 3.63) is 52.2 Å². The van der Waals surface area contributed by atoms with E-state index < -0.39 is 12.1 Å². The van der Waals surface area contributed by atoms with E-state index in [1.54, 1.807) is 35.2 Å². The molecule has 1 aromatic heterocycles. The zero-order valence-electron chi connectivity index (χ0n) is 15.4. The van der Waals surface area contributed by atoms with Crippen LogP contribution < -0.4 is 5.32 Å². The van der Waals surface area contributed by atoms with E-state index in [4.69, 9.17) is 4.74 Å². The molecule has 1 aromatic carbocycles. The van der Waals surface area contributed by atoms with Crippen molar-refractivity contribution in [1.82, 2.24) is 4.90 Å². The van der Waals surface area contributed by atoms with Crippen molar-refractivity contribution in [2.45, 2.75) is 26.0 Å². The fourth-order valence-corrected chi connectivity index (χ4v) is 3.72. The van der Waals surface area contributed by atoms with Crippen LogP contribution in [0.2, 0.25) is 0 Å². The van der Waals surface area contributed by atoms with Crippen LogP contribution in [0.3, 0.4) is 0 Å². The van der Waals surface area contributed by atoms with Crippen molar-refractivity contribution in [3.8, 4) is 0 Å². The lowest BCUT2D eigenvalue weighted by Gasteiger charge is -2.39. The van der Waals surface area contributed by atoms with Crippen molar-refractivity contribution < 1.29 is 19.4 Å². The highest BCUT2D eigenvalue weighted by molar-refractivity contribution is 7.12. The Morgan fingerprint density at radius 2 is 2.07 bits per heavy atom. The van der Waals surface area contributed by atoms with Crippen LogP contribution in [-0.4, -0.2) is 47.6 Å². The average molecular weight is 388 g/mol. The van der Waals surface area contributed by atoms with Crippen LogP contribution in [0.1, 0.15) is 35.2 Å². The minimum absolute atomic E-state index is 0.0592. The van der Waals surface area contributed by atoms with Crippen molar-refractivity contribution >= 4 is 28.8 Å². The summed E-state index contributed by atoms with van der Waals surface area (Å²) < 4.78 is 5.36. The third-order valence-electron chi connectivity index (χ3n) is 4.42. The van der Waals surface area contributed by atoms with E-state index in [0.29, 0.717) is 35.2 Å². The highest BCUT2D eigenvalue weighted by Gasteiger charge is 2.34. The van der Waals surface area contributed by atoms with E-state index in [9.17, 15) is 14.7 Å². The molecule has 7 heteroatoms. The first-order valence-electron chi connectivity index (χ1n) is 8.96. The maximum absolute atomic E-state index is 12.2. The van der Waals surface area contributed by atoms with Crippen LogP contribution >= 0.6 is 11.3 Å². The number of aliphatic hydroxyl groups is 1. The Labute approximate surface area is 162 Å². The van der Waals surface area contributed by atoms with Gasteiger partial charge in [-0.1, -0.05) is 32.0 Å². The van der Waals surface area contributed by atoms with E-state index in [2.05, 4.69) is 5.32 Å². The Balaban J connectivity index is 1.69. The van der Waals surface area contributed by atoms with Crippen molar-refractivity contribution in [2.75, 3.05) is 25.1 Å². The molecule has 1 aliphatic rings. The molecule has 0 saturated carbocycles. The van der Waals surface area contributed by atoms with Gasteiger partial charge in [0, 0.05) is 12.2 Å². The van der Waals surface area contributed by atoms with Crippen LogP contribution in [0.5, 0.6) is 0 Å². The van der Waals surface area contributed by atoms with Gasteiger partial charge in [-0.3, -0.25) is 9.59 Å². The lowest BCUT2D eigenvalue weighted by molar-refractivity contribution is -0.155. The van der Waals surface area contributed by atoms with Crippen LogP contribution in [0.15, 0.2) is 41.8 Å². The van der Waals surface area contributed by atoms with E-state index in [1.165, 1.54) is 11.3 Å². The first kappa shape index (κ1) is 19.5. The van der Waals surface area contributed by atoms with E-state index in [-0.39, 0.29) is 18.4 Å².